The molecule has 1 aromatic carbocycles. The highest BCUT2D eigenvalue weighted by Crippen LogP contribution is 2.24. The number of nitrogens with two attached hydrogens (primary N) is 1. The molecule has 6 heteroatoms. The Hall–Kier alpha value is -2.27. The lowest BCUT2D eigenvalue weighted by molar-refractivity contribution is 0.267. The zero-order valence-corrected chi connectivity index (χ0v) is 10.6. The van der Waals surface area contributed by atoms with E-state index in [0.29, 0.717) is 33.6 Å². The molecule has 3 aromatic rings. The van der Waals surface area contributed by atoms with Crippen LogP contribution in [0.4, 0.5) is 5.69 Å². The molecular formula is C13H10ClN3O2. The van der Waals surface area contributed by atoms with Gasteiger partial charge in [0.2, 0.25) is 5.89 Å². The fourth-order valence-electron chi connectivity index (χ4n) is 1.64. The summed E-state index contributed by atoms with van der Waals surface area (Å²) in [6.07, 6.45) is 1.53. The van der Waals surface area contributed by atoms with Crippen LogP contribution in [-0.2, 0) is 6.61 Å². The van der Waals surface area contributed by atoms with Crippen LogP contribution in [0.15, 0.2) is 40.9 Å². The number of ether oxygens (including phenoxy) is 1. The molecule has 0 saturated heterocycles. The Balaban J connectivity index is 1.80. The van der Waals surface area contributed by atoms with Crippen molar-refractivity contribution in [3.8, 4) is 5.75 Å². The van der Waals surface area contributed by atoms with Gasteiger partial charge in [-0.25, -0.2) is 4.98 Å². The topological polar surface area (TPSA) is 74.2 Å². The predicted octanol–water partition coefficient (Wildman–Crippen LogP) is 3.04. The molecule has 0 aliphatic carbocycles. The third-order valence-electron chi connectivity index (χ3n) is 2.50. The summed E-state index contributed by atoms with van der Waals surface area (Å²) >= 11 is 5.99. The molecule has 0 saturated carbocycles. The summed E-state index contributed by atoms with van der Waals surface area (Å²) in [6, 6.07) is 8.89. The highest BCUT2D eigenvalue weighted by Gasteiger charge is 2.08. The van der Waals surface area contributed by atoms with Gasteiger partial charge in [-0.2, -0.15) is 4.98 Å². The minimum atomic E-state index is 0.181. The molecule has 2 aromatic heterocycles. The van der Waals surface area contributed by atoms with Gasteiger partial charge in [0.15, 0.2) is 17.8 Å². The molecule has 3 rings (SSSR count). The number of anilines is 1. The molecule has 0 aliphatic rings. The van der Waals surface area contributed by atoms with Gasteiger partial charge in [0.05, 0.1) is 16.9 Å². The van der Waals surface area contributed by atoms with Crippen LogP contribution in [-0.4, -0.2) is 9.97 Å². The van der Waals surface area contributed by atoms with Gasteiger partial charge in [-0.1, -0.05) is 23.7 Å². The lowest BCUT2D eigenvalue weighted by Gasteiger charge is -2.04. The predicted molar refractivity (Wildman–Crippen MR) is 72.0 cm³/mol. The number of hydrogen-bond donors (Lipinski definition) is 1. The third-order valence-corrected chi connectivity index (χ3v) is 2.81. The summed E-state index contributed by atoms with van der Waals surface area (Å²) in [4.78, 5) is 8.26. The van der Waals surface area contributed by atoms with Crippen molar-refractivity contribution in [2.45, 2.75) is 6.61 Å². The van der Waals surface area contributed by atoms with Gasteiger partial charge in [0, 0.05) is 6.07 Å². The SMILES string of the molecule is Nc1cnc2nc(COc3ccccc3Cl)oc2c1. The summed E-state index contributed by atoms with van der Waals surface area (Å²) in [5, 5.41) is 0.543. The van der Waals surface area contributed by atoms with Crippen LogP contribution in [0.25, 0.3) is 11.2 Å². The van der Waals surface area contributed by atoms with Crippen molar-refractivity contribution in [1.82, 2.24) is 9.97 Å². The second kappa shape index (κ2) is 4.78. The maximum absolute atomic E-state index is 5.99. The van der Waals surface area contributed by atoms with E-state index >= 15 is 0 Å². The minimum Gasteiger partial charge on any atom is -0.482 e. The number of rotatable bonds is 3. The van der Waals surface area contributed by atoms with E-state index in [1.54, 1.807) is 18.2 Å². The smallest absolute Gasteiger partial charge is 0.235 e. The van der Waals surface area contributed by atoms with Crippen molar-refractivity contribution < 1.29 is 9.15 Å². The fraction of sp³-hybridized carbons (Fsp3) is 0.0769. The number of hydrogen-bond acceptors (Lipinski definition) is 5. The number of pyridine rings is 1. The van der Waals surface area contributed by atoms with Gasteiger partial charge in [-0.05, 0) is 12.1 Å². The first-order valence-corrected chi connectivity index (χ1v) is 5.98. The molecule has 2 N–H and O–H groups in total. The number of nitrogen functional groups attached to an aromatic ring is 1. The average molecular weight is 276 g/mol. The highest BCUT2D eigenvalue weighted by molar-refractivity contribution is 6.32. The Labute approximate surface area is 114 Å². The van der Waals surface area contributed by atoms with Crippen molar-refractivity contribution in [1.29, 1.82) is 0 Å². The number of benzene rings is 1. The van der Waals surface area contributed by atoms with Crippen LogP contribution in [0, 0.1) is 0 Å². The first kappa shape index (κ1) is 11.8. The van der Waals surface area contributed by atoms with Crippen molar-refractivity contribution in [3.63, 3.8) is 0 Å². The van der Waals surface area contributed by atoms with Gasteiger partial charge in [-0.15, -0.1) is 0 Å². The number of nitrogens with zero attached hydrogens (tertiary/aromatic N) is 2. The van der Waals surface area contributed by atoms with Crippen LogP contribution < -0.4 is 10.5 Å². The van der Waals surface area contributed by atoms with Crippen molar-refractivity contribution in [3.05, 3.63) is 47.4 Å². The van der Waals surface area contributed by atoms with Crippen molar-refractivity contribution in [2.75, 3.05) is 5.73 Å². The molecule has 19 heavy (non-hydrogen) atoms. The molecule has 96 valence electrons. The molecule has 0 spiro atoms. The third kappa shape index (κ3) is 2.46. The number of halogens is 1. The molecule has 0 aliphatic heterocycles. The second-order valence-electron chi connectivity index (χ2n) is 3.92. The largest absolute Gasteiger partial charge is 0.482 e. The summed E-state index contributed by atoms with van der Waals surface area (Å²) in [7, 11) is 0. The first-order chi connectivity index (χ1) is 9.22. The van der Waals surface area contributed by atoms with Gasteiger partial charge < -0.3 is 14.9 Å². The average Bonchev–Trinajstić information content (AvgIpc) is 2.79. The van der Waals surface area contributed by atoms with E-state index in [1.807, 2.05) is 12.1 Å². The molecule has 5 nitrogen and oxygen atoms in total. The Morgan fingerprint density at radius 2 is 2.16 bits per heavy atom. The lowest BCUT2D eigenvalue weighted by atomic mass is 10.3. The van der Waals surface area contributed by atoms with Crippen LogP contribution in [0.3, 0.4) is 0 Å². The lowest BCUT2D eigenvalue weighted by Crippen LogP contribution is -1.95. The second-order valence-corrected chi connectivity index (χ2v) is 4.32. The maximum atomic E-state index is 5.99. The van der Waals surface area contributed by atoms with Gasteiger partial charge in [0.1, 0.15) is 5.75 Å². The normalized spacial score (nSPS) is 10.8. The van der Waals surface area contributed by atoms with E-state index in [9.17, 15) is 0 Å². The van der Waals surface area contributed by atoms with Crippen molar-refractivity contribution >= 4 is 28.5 Å². The number of para-hydroxylation sites is 1. The van der Waals surface area contributed by atoms with E-state index in [1.165, 1.54) is 6.20 Å². The van der Waals surface area contributed by atoms with E-state index in [4.69, 9.17) is 26.5 Å². The summed E-state index contributed by atoms with van der Waals surface area (Å²) in [5.74, 6) is 1.01. The molecular weight excluding hydrogens is 266 g/mol. The Bertz CT molecular complexity index is 727. The summed E-state index contributed by atoms with van der Waals surface area (Å²) < 4.78 is 11.0. The number of oxazole rings is 1. The first-order valence-electron chi connectivity index (χ1n) is 5.60. The summed E-state index contributed by atoms with van der Waals surface area (Å²) in [6.45, 7) is 0.181. The standard InChI is InChI=1S/C13H10ClN3O2/c14-9-3-1-2-4-10(9)18-7-12-17-13-11(19-12)5-8(15)6-16-13/h1-6H,7,15H2. The van der Waals surface area contributed by atoms with Crippen LogP contribution in [0.5, 0.6) is 5.75 Å². The molecule has 0 fully saturated rings. The van der Waals surface area contributed by atoms with E-state index < -0.39 is 0 Å². The molecule has 0 unspecified atom stereocenters. The van der Waals surface area contributed by atoms with E-state index in [2.05, 4.69) is 9.97 Å². The molecule has 0 atom stereocenters. The molecule has 0 bridgehead atoms. The maximum Gasteiger partial charge on any atom is 0.235 e. The zero-order valence-electron chi connectivity index (χ0n) is 9.84. The fourth-order valence-corrected chi connectivity index (χ4v) is 1.83. The van der Waals surface area contributed by atoms with Crippen LogP contribution in [0.1, 0.15) is 5.89 Å². The van der Waals surface area contributed by atoms with E-state index in [-0.39, 0.29) is 6.61 Å². The van der Waals surface area contributed by atoms with Gasteiger partial charge in [-0.3, -0.25) is 0 Å². The van der Waals surface area contributed by atoms with Crippen molar-refractivity contribution in [2.24, 2.45) is 0 Å². The Morgan fingerprint density at radius 1 is 1.32 bits per heavy atom. The van der Waals surface area contributed by atoms with Crippen LogP contribution in [0.2, 0.25) is 5.02 Å². The van der Waals surface area contributed by atoms with Gasteiger partial charge in [0.25, 0.3) is 0 Å². The molecule has 0 radical (unpaired) electrons. The Kier molecular flexibility index (Phi) is 2.97. The molecule has 2 heterocycles. The summed E-state index contributed by atoms with van der Waals surface area (Å²) in [5.41, 5.74) is 7.19. The van der Waals surface area contributed by atoms with Gasteiger partial charge >= 0.3 is 0 Å². The molecule has 0 amide bonds. The Morgan fingerprint density at radius 3 is 3.00 bits per heavy atom. The number of fused-ring (bicyclic) bond motifs is 1. The van der Waals surface area contributed by atoms with E-state index in [0.717, 1.165) is 0 Å². The quantitative estimate of drug-likeness (QED) is 0.795. The minimum absolute atomic E-state index is 0.181. The van der Waals surface area contributed by atoms with Crippen LogP contribution >= 0.6 is 11.6 Å². The number of aromatic nitrogens is 2. The zero-order chi connectivity index (χ0) is 13.2. The monoisotopic (exact) mass is 275 g/mol. The highest BCUT2D eigenvalue weighted by atomic mass is 35.5.